The van der Waals surface area contributed by atoms with Gasteiger partial charge in [0.05, 0.1) is 41.9 Å². The molecule has 220 valence electrons. The maximum Gasteiger partial charge on any atom is 0.301 e. The van der Waals surface area contributed by atoms with Gasteiger partial charge in [-0.15, -0.1) is 0 Å². The van der Waals surface area contributed by atoms with Crippen LogP contribution in [-0.4, -0.2) is 49.3 Å². The highest BCUT2D eigenvalue weighted by Crippen LogP contribution is 2.45. The Bertz CT molecular complexity index is 1900. The topological polar surface area (TPSA) is 166 Å². The molecule has 1 aliphatic heterocycles. The highest BCUT2D eigenvalue weighted by molar-refractivity contribution is 7.93. The number of nitro benzene ring substituents is 1. The molecule has 1 atom stereocenters. The largest absolute Gasteiger partial charge is 0.507 e. The number of nitro groups is 1. The number of ether oxygens (including phenoxy) is 2. The molecule has 3 aromatic carbocycles. The number of rotatable bonds is 8. The number of sulfone groups is 1. The first-order valence-electron chi connectivity index (χ1n) is 12.5. The van der Waals surface area contributed by atoms with E-state index < -0.39 is 38.3 Å². The van der Waals surface area contributed by atoms with E-state index in [0.717, 1.165) is 40.9 Å². The van der Waals surface area contributed by atoms with E-state index in [-0.39, 0.29) is 25.5 Å². The van der Waals surface area contributed by atoms with Crippen LogP contribution in [0, 0.1) is 17.0 Å². The SMILES string of the molecule is COc1ccc(C2C(=C(O)c3ccc(C)cc3)C(=O)C(=O)N2c2ncc(S(=O)(=O)c3ccc([N+](=O)[O-])cc3)s2)cc1OC. The maximum atomic E-state index is 13.5. The number of Topliss-reactive ketones (excluding diaryl/α,β-unsaturated/α-hetero) is 1. The lowest BCUT2D eigenvalue weighted by Gasteiger charge is -2.23. The first kappa shape index (κ1) is 29.4. The molecule has 1 fully saturated rings. The number of benzene rings is 3. The van der Waals surface area contributed by atoms with Crippen molar-refractivity contribution >= 4 is 49.4 Å². The summed E-state index contributed by atoms with van der Waals surface area (Å²) in [6.07, 6.45) is 1.04. The molecule has 12 nitrogen and oxygen atoms in total. The van der Waals surface area contributed by atoms with E-state index in [4.69, 9.17) is 9.47 Å². The van der Waals surface area contributed by atoms with Crippen molar-refractivity contribution in [3.8, 4) is 11.5 Å². The van der Waals surface area contributed by atoms with E-state index in [1.165, 1.54) is 14.2 Å². The Balaban J connectivity index is 1.65. The van der Waals surface area contributed by atoms with Gasteiger partial charge in [-0.1, -0.05) is 47.2 Å². The van der Waals surface area contributed by atoms with Gasteiger partial charge in [-0.3, -0.25) is 24.6 Å². The van der Waals surface area contributed by atoms with E-state index >= 15 is 0 Å². The summed E-state index contributed by atoms with van der Waals surface area (Å²) in [4.78, 5) is 42.3. The van der Waals surface area contributed by atoms with E-state index in [2.05, 4.69) is 4.98 Å². The summed E-state index contributed by atoms with van der Waals surface area (Å²) >= 11 is 0.636. The van der Waals surface area contributed by atoms with Gasteiger partial charge >= 0.3 is 5.91 Å². The summed E-state index contributed by atoms with van der Waals surface area (Å²) in [5.41, 5.74) is 1.07. The molecule has 43 heavy (non-hydrogen) atoms. The second kappa shape index (κ2) is 11.3. The molecule has 0 spiro atoms. The van der Waals surface area contributed by atoms with Gasteiger partial charge in [0.2, 0.25) is 9.84 Å². The van der Waals surface area contributed by atoms with Crippen LogP contribution < -0.4 is 14.4 Å². The molecule has 1 aliphatic rings. The molecule has 2 heterocycles. The molecule has 1 aromatic heterocycles. The Morgan fingerprint density at radius 2 is 1.65 bits per heavy atom. The highest BCUT2D eigenvalue weighted by atomic mass is 32.2. The van der Waals surface area contributed by atoms with Crippen LogP contribution in [0.5, 0.6) is 11.5 Å². The van der Waals surface area contributed by atoms with Gasteiger partial charge in [-0.05, 0) is 36.8 Å². The maximum absolute atomic E-state index is 13.5. The molecule has 4 aromatic rings. The van der Waals surface area contributed by atoms with Crippen molar-refractivity contribution in [3.05, 3.63) is 105 Å². The number of aliphatic hydroxyl groups excluding tert-OH is 1. The van der Waals surface area contributed by atoms with Crippen molar-refractivity contribution < 1.29 is 37.5 Å². The second-order valence-electron chi connectivity index (χ2n) is 9.37. The van der Waals surface area contributed by atoms with Crippen LogP contribution in [0.15, 0.2) is 87.6 Å². The van der Waals surface area contributed by atoms with Crippen molar-refractivity contribution in [1.29, 1.82) is 0 Å². The Kier molecular flexibility index (Phi) is 7.73. The van der Waals surface area contributed by atoms with Crippen molar-refractivity contribution in [2.75, 3.05) is 19.1 Å². The number of nitrogens with zero attached hydrogens (tertiary/aromatic N) is 3. The van der Waals surface area contributed by atoms with E-state index in [0.29, 0.717) is 34.0 Å². The first-order chi connectivity index (χ1) is 20.5. The Morgan fingerprint density at radius 1 is 1.00 bits per heavy atom. The lowest BCUT2D eigenvalue weighted by atomic mass is 9.95. The zero-order valence-corrected chi connectivity index (χ0v) is 24.5. The number of aromatic nitrogens is 1. The fourth-order valence-electron chi connectivity index (χ4n) is 4.58. The van der Waals surface area contributed by atoms with Crippen LogP contribution in [0.1, 0.15) is 22.7 Å². The molecule has 1 amide bonds. The van der Waals surface area contributed by atoms with Crippen molar-refractivity contribution in [3.63, 3.8) is 0 Å². The van der Waals surface area contributed by atoms with Crippen LogP contribution in [0.25, 0.3) is 5.76 Å². The number of amides is 1. The molecule has 0 bridgehead atoms. The number of carbonyl (C=O) groups is 2. The normalized spacial score (nSPS) is 16.3. The predicted octanol–water partition coefficient (Wildman–Crippen LogP) is 4.84. The van der Waals surface area contributed by atoms with E-state index in [1.54, 1.807) is 42.5 Å². The van der Waals surface area contributed by atoms with Gasteiger partial charge in [0, 0.05) is 17.7 Å². The minimum atomic E-state index is -4.19. The third kappa shape index (κ3) is 5.21. The third-order valence-electron chi connectivity index (χ3n) is 6.79. The smallest absolute Gasteiger partial charge is 0.301 e. The van der Waals surface area contributed by atoms with Crippen LogP contribution in [0.4, 0.5) is 10.8 Å². The van der Waals surface area contributed by atoms with Gasteiger partial charge in [0.15, 0.2) is 16.6 Å². The number of hydrogen-bond acceptors (Lipinski definition) is 11. The monoisotopic (exact) mass is 621 g/mol. The third-order valence-corrected chi connectivity index (χ3v) is 10.0. The molecule has 14 heteroatoms. The standard InChI is InChI=1S/C29H23N3O9S2/c1-16-4-6-17(7-5-16)26(33)24-25(18-8-13-21(40-2)22(14-18)41-3)31(28(35)27(24)34)29-30-15-23(42-29)43(38,39)20-11-9-19(10-12-20)32(36)37/h4-15,25,33H,1-3H3. The molecule has 0 aliphatic carbocycles. The summed E-state index contributed by atoms with van der Waals surface area (Å²) in [6, 6.07) is 14.6. The number of aryl methyl sites for hydroxylation is 1. The molecule has 0 radical (unpaired) electrons. The quantitative estimate of drug-likeness (QED) is 0.0946. The number of ketones is 1. The lowest BCUT2D eigenvalue weighted by Crippen LogP contribution is -2.29. The van der Waals surface area contributed by atoms with Crippen molar-refractivity contribution in [2.45, 2.75) is 22.1 Å². The van der Waals surface area contributed by atoms with Crippen molar-refractivity contribution in [1.82, 2.24) is 4.98 Å². The molecule has 1 saturated heterocycles. The molecular weight excluding hydrogens is 598 g/mol. The van der Waals surface area contributed by atoms with Crippen LogP contribution in [0.2, 0.25) is 0 Å². The fraction of sp³-hybridized carbons (Fsp3) is 0.138. The van der Waals surface area contributed by atoms with Gasteiger partial charge in [0.25, 0.3) is 11.5 Å². The Morgan fingerprint density at radius 3 is 2.26 bits per heavy atom. The fourth-order valence-corrected chi connectivity index (χ4v) is 7.13. The van der Waals surface area contributed by atoms with Crippen LogP contribution >= 0.6 is 11.3 Å². The number of anilines is 1. The number of thiazole rings is 1. The zero-order chi connectivity index (χ0) is 31.1. The summed E-state index contributed by atoms with van der Waals surface area (Å²) in [5.74, 6) is -1.76. The van der Waals surface area contributed by atoms with Gasteiger partial charge in [-0.2, -0.15) is 0 Å². The molecule has 5 rings (SSSR count). The average Bonchev–Trinajstić information content (AvgIpc) is 3.60. The van der Waals surface area contributed by atoms with E-state index in [1.807, 2.05) is 6.92 Å². The summed E-state index contributed by atoms with van der Waals surface area (Å²) < 4.78 is 37.1. The summed E-state index contributed by atoms with van der Waals surface area (Å²) in [5, 5.41) is 22.2. The minimum absolute atomic E-state index is 0.120. The highest BCUT2D eigenvalue weighted by Gasteiger charge is 2.48. The van der Waals surface area contributed by atoms with E-state index in [9.17, 15) is 33.2 Å². The molecular formula is C29H23N3O9S2. The lowest BCUT2D eigenvalue weighted by molar-refractivity contribution is -0.384. The van der Waals surface area contributed by atoms with Gasteiger partial charge in [0.1, 0.15) is 9.97 Å². The number of aliphatic hydroxyl groups is 1. The number of non-ortho nitro benzene ring substituents is 1. The second-order valence-corrected chi connectivity index (χ2v) is 12.6. The number of carbonyl (C=O) groups excluding carboxylic acids is 2. The number of methoxy groups -OCH3 is 2. The number of hydrogen-bond donors (Lipinski definition) is 1. The van der Waals surface area contributed by atoms with Gasteiger partial charge < -0.3 is 14.6 Å². The molecule has 1 unspecified atom stereocenters. The first-order valence-corrected chi connectivity index (χ1v) is 14.8. The summed E-state index contributed by atoms with van der Waals surface area (Å²) in [6.45, 7) is 1.86. The average molecular weight is 622 g/mol. The zero-order valence-electron chi connectivity index (χ0n) is 22.9. The Hall–Kier alpha value is -5.08. The summed E-state index contributed by atoms with van der Waals surface area (Å²) in [7, 11) is -1.32. The minimum Gasteiger partial charge on any atom is -0.507 e. The predicted molar refractivity (Wildman–Crippen MR) is 156 cm³/mol. The van der Waals surface area contributed by atoms with Crippen LogP contribution in [-0.2, 0) is 19.4 Å². The molecule has 0 saturated carbocycles. The van der Waals surface area contributed by atoms with Crippen molar-refractivity contribution in [2.24, 2.45) is 0 Å². The van der Waals surface area contributed by atoms with Crippen LogP contribution in [0.3, 0.4) is 0 Å². The Labute approximate surface area is 249 Å². The molecule has 1 N–H and O–H groups in total. The van der Waals surface area contributed by atoms with Gasteiger partial charge in [-0.25, -0.2) is 13.4 Å².